The highest BCUT2D eigenvalue weighted by atomic mass is 35.5. The van der Waals surface area contributed by atoms with E-state index >= 15 is 0 Å². The summed E-state index contributed by atoms with van der Waals surface area (Å²) in [5, 5.41) is 15.5. The van der Waals surface area contributed by atoms with E-state index in [-0.39, 0.29) is 17.2 Å². The topological polar surface area (TPSA) is 92.9 Å². The fourth-order valence-corrected chi connectivity index (χ4v) is 3.91. The molecular formula is C23H19ClN2O5. The molecule has 4 rings (SSSR count). The van der Waals surface area contributed by atoms with Gasteiger partial charge in [0, 0.05) is 16.7 Å². The molecule has 3 aromatic rings. The van der Waals surface area contributed by atoms with Crippen LogP contribution in [-0.2, 0) is 9.59 Å². The van der Waals surface area contributed by atoms with Gasteiger partial charge in [0.05, 0.1) is 18.7 Å². The highest BCUT2D eigenvalue weighted by molar-refractivity contribution is 6.51. The number of amides is 1. The first-order chi connectivity index (χ1) is 14.8. The molecule has 1 aliphatic rings. The third-order valence-electron chi connectivity index (χ3n) is 5.14. The lowest BCUT2D eigenvalue weighted by Crippen LogP contribution is -2.29. The van der Waals surface area contributed by atoms with Crippen molar-refractivity contribution in [2.24, 2.45) is 0 Å². The van der Waals surface area contributed by atoms with Gasteiger partial charge < -0.3 is 14.4 Å². The standard InChI is InChI=1S/C23H19ClN2O5/c1-12-9-15(7-8-17(12)30-3)21(27)19-20(14-5-4-6-16(24)11-14)26(23(29)22(19)28)18-10-13(2)31-25-18/h4-11,20,27H,1-3H3/t20-/m0/s1. The van der Waals surface area contributed by atoms with Gasteiger partial charge in [-0.15, -0.1) is 0 Å². The third-order valence-corrected chi connectivity index (χ3v) is 5.37. The third kappa shape index (κ3) is 3.57. The summed E-state index contributed by atoms with van der Waals surface area (Å²) in [5.74, 6) is -0.637. The largest absolute Gasteiger partial charge is 0.507 e. The summed E-state index contributed by atoms with van der Waals surface area (Å²) in [7, 11) is 1.55. The highest BCUT2D eigenvalue weighted by Crippen LogP contribution is 2.42. The van der Waals surface area contributed by atoms with Gasteiger partial charge in [-0.3, -0.25) is 14.5 Å². The minimum atomic E-state index is -0.925. The maximum Gasteiger partial charge on any atom is 0.301 e. The molecule has 8 heteroatoms. The van der Waals surface area contributed by atoms with Gasteiger partial charge in [-0.05, 0) is 55.3 Å². The summed E-state index contributed by atoms with van der Waals surface area (Å²) in [5.41, 5.74) is 1.66. The molecule has 0 saturated carbocycles. The van der Waals surface area contributed by atoms with Crippen LogP contribution in [0.1, 0.15) is 28.5 Å². The monoisotopic (exact) mass is 438 g/mol. The number of carbonyl (C=O) groups excluding carboxylic acids is 2. The highest BCUT2D eigenvalue weighted by Gasteiger charge is 2.48. The summed E-state index contributed by atoms with van der Waals surface area (Å²) in [6.45, 7) is 3.50. The van der Waals surface area contributed by atoms with Crippen molar-refractivity contribution in [2.75, 3.05) is 12.0 Å². The van der Waals surface area contributed by atoms with Crippen molar-refractivity contribution in [3.8, 4) is 5.75 Å². The summed E-state index contributed by atoms with van der Waals surface area (Å²) < 4.78 is 10.4. The fourth-order valence-electron chi connectivity index (χ4n) is 3.71. The molecular weight excluding hydrogens is 420 g/mol. The Labute approximate surface area is 183 Å². The van der Waals surface area contributed by atoms with Gasteiger partial charge in [-0.2, -0.15) is 0 Å². The number of benzene rings is 2. The second-order valence-corrected chi connectivity index (χ2v) is 7.64. The second kappa shape index (κ2) is 7.92. The Hall–Kier alpha value is -3.58. The van der Waals surface area contributed by atoms with E-state index < -0.39 is 17.7 Å². The van der Waals surface area contributed by atoms with E-state index in [9.17, 15) is 14.7 Å². The van der Waals surface area contributed by atoms with Crippen LogP contribution in [0.5, 0.6) is 5.75 Å². The van der Waals surface area contributed by atoms with Crippen LogP contribution in [0.4, 0.5) is 5.82 Å². The number of anilines is 1. The van der Waals surface area contributed by atoms with Crippen LogP contribution in [0.3, 0.4) is 0 Å². The Morgan fingerprint density at radius 2 is 1.94 bits per heavy atom. The smallest absolute Gasteiger partial charge is 0.301 e. The normalized spacial score (nSPS) is 17.9. The molecule has 0 aliphatic carbocycles. The molecule has 1 N–H and O–H groups in total. The SMILES string of the molecule is COc1ccc(C(O)=C2C(=O)C(=O)N(c3cc(C)on3)[C@H]2c2cccc(Cl)c2)cc1C. The van der Waals surface area contributed by atoms with E-state index in [2.05, 4.69) is 5.16 Å². The molecule has 0 unspecified atom stereocenters. The predicted molar refractivity (Wildman–Crippen MR) is 115 cm³/mol. The maximum absolute atomic E-state index is 13.1. The van der Waals surface area contributed by atoms with Crippen molar-refractivity contribution in [3.63, 3.8) is 0 Å². The van der Waals surface area contributed by atoms with Crippen molar-refractivity contribution in [2.45, 2.75) is 19.9 Å². The van der Waals surface area contributed by atoms with Crippen LogP contribution in [0.25, 0.3) is 5.76 Å². The summed E-state index contributed by atoms with van der Waals surface area (Å²) in [6.07, 6.45) is 0. The number of ether oxygens (including phenoxy) is 1. The average molecular weight is 439 g/mol. The Balaban J connectivity index is 1.94. The first-order valence-corrected chi connectivity index (χ1v) is 9.84. The average Bonchev–Trinajstić information content (AvgIpc) is 3.28. The van der Waals surface area contributed by atoms with Crippen molar-refractivity contribution in [1.29, 1.82) is 0 Å². The molecule has 0 radical (unpaired) electrons. The van der Waals surface area contributed by atoms with Crippen LogP contribution < -0.4 is 9.64 Å². The first kappa shape index (κ1) is 20.7. The van der Waals surface area contributed by atoms with Gasteiger partial charge in [-0.25, -0.2) is 0 Å². The quantitative estimate of drug-likeness (QED) is 0.364. The minimum absolute atomic E-state index is 0.0579. The van der Waals surface area contributed by atoms with Crippen LogP contribution >= 0.6 is 11.6 Å². The van der Waals surface area contributed by atoms with Gasteiger partial charge in [-0.1, -0.05) is 28.9 Å². The van der Waals surface area contributed by atoms with E-state index in [1.807, 2.05) is 6.92 Å². The molecule has 1 atom stereocenters. The lowest BCUT2D eigenvalue weighted by Gasteiger charge is -2.23. The van der Waals surface area contributed by atoms with Gasteiger partial charge in [0.25, 0.3) is 5.78 Å². The number of aliphatic hydroxyl groups excluding tert-OH is 1. The van der Waals surface area contributed by atoms with Crippen LogP contribution in [0.15, 0.2) is 58.6 Å². The van der Waals surface area contributed by atoms with Crippen LogP contribution in [0.2, 0.25) is 5.02 Å². The van der Waals surface area contributed by atoms with Gasteiger partial charge >= 0.3 is 5.91 Å². The number of carbonyl (C=O) groups is 2. The number of ketones is 1. The summed E-state index contributed by atoms with van der Waals surface area (Å²) in [4.78, 5) is 27.3. The Morgan fingerprint density at radius 1 is 1.16 bits per heavy atom. The summed E-state index contributed by atoms with van der Waals surface area (Å²) >= 11 is 6.18. The number of aliphatic hydroxyl groups is 1. The lowest BCUT2D eigenvalue weighted by atomic mass is 9.95. The molecule has 1 fully saturated rings. The minimum Gasteiger partial charge on any atom is -0.507 e. The van der Waals surface area contributed by atoms with Gasteiger partial charge in [0.15, 0.2) is 5.82 Å². The molecule has 2 aromatic carbocycles. The number of rotatable bonds is 4. The summed E-state index contributed by atoms with van der Waals surface area (Å²) in [6, 6.07) is 12.4. The van der Waals surface area contributed by atoms with E-state index in [4.69, 9.17) is 20.9 Å². The molecule has 1 aromatic heterocycles. The molecule has 0 spiro atoms. The number of aryl methyl sites for hydroxylation is 2. The number of aromatic nitrogens is 1. The number of Topliss-reactive ketones (excluding diaryl/α,β-unsaturated/α-hetero) is 1. The van der Waals surface area contributed by atoms with Crippen molar-refractivity contribution in [1.82, 2.24) is 5.16 Å². The zero-order chi connectivity index (χ0) is 22.3. The Morgan fingerprint density at radius 3 is 2.55 bits per heavy atom. The molecule has 1 aliphatic heterocycles. The number of nitrogens with zero attached hydrogens (tertiary/aromatic N) is 2. The second-order valence-electron chi connectivity index (χ2n) is 7.20. The Kier molecular flexibility index (Phi) is 5.29. The zero-order valence-corrected chi connectivity index (χ0v) is 17.8. The van der Waals surface area contributed by atoms with Crippen molar-refractivity contribution < 1.29 is 24.0 Å². The van der Waals surface area contributed by atoms with E-state index in [0.717, 1.165) is 5.56 Å². The fraction of sp³-hybridized carbons (Fsp3) is 0.174. The van der Waals surface area contributed by atoms with Crippen LogP contribution in [-0.4, -0.2) is 29.1 Å². The molecule has 2 heterocycles. The number of hydrogen-bond donors (Lipinski definition) is 1. The Bertz CT molecular complexity index is 1230. The lowest BCUT2D eigenvalue weighted by molar-refractivity contribution is -0.132. The number of halogens is 1. The molecule has 0 bridgehead atoms. The molecule has 31 heavy (non-hydrogen) atoms. The molecule has 1 amide bonds. The molecule has 1 saturated heterocycles. The molecule has 158 valence electrons. The molecule has 7 nitrogen and oxygen atoms in total. The van der Waals surface area contributed by atoms with Gasteiger partial charge in [0.2, 0.25) is 0 Å². The van der Waals surface area contributed by atoms with Crippen LogP contribution in [0, 0.1) is 13.8 Å². The first-order valence-electron chi connectivity index (χ1n) is 9.46. The zero-order valence-electron chi connectivity index (χ0n) is 17.0. The van der Waals surface area contributed by atoms with E-state index in [1.165, 1.54) is 4.90 Å². The van der Waals surface area contributed by atoms with E-state index in [0.29, 0.717) is 27.7 Å². The number of methoxy groups -OCH3 is 1. The van der Waals surface area contributed by atoms with E-state index in [1.54, 1.807) is 62.6 Å². The maximum atomic E-state index is 13.1. The van der Waals surface area contributed by atoms with Crippen molar-refractivity contribution in [3.05, 3.63) is 81.6 Å². The predicted octanol–water partition coefficient (Wildman–Crippen LogP) is 4.58. The number of hydrogen-bond acceptors (Lipinski definition) is 6. The van der Waals surface area contributed by atoms with Crippen molar-refractivity contribution >= 4 is 34.9 Å². The van der Waals surface area contributed by atoms with Gasteiger partial charge in [0.1, 0.15) is 17.3 Å².